The number of allylic oxidation sites excluding steroid dienone is 2. The zero-order chi connectivity index (χ0) is 38.9. The molecule has 7 aromatic rings. The van der Waals surface area contributed by atoms with Crippen LogP contribution in [-0.4, -0.2) is 11.9 Å². The second-order valence-corrected chi connectivity index (χ2v) is 16.2. The van der Waals surface area contributed by atoms with Gasteiger partial charge in [0.1, 0.15) is 5.92 Å². The van der Waals surface area contributed by atoms with E-state index in [0.29, 0.717) is 45.3 Å². The predicted molar refractivity (Wildman–Crippen MR) is 208 cm³/mol. The number of cyclic esters (lactones) is 2. The Morgan fingerprint density at radius 3 is 1.54 bits per heavy atom. The van der Waals surface area contributed by atoms with E-state index < -0.39 is 39.9 Å². The molecule has 10 heteroatoms. The minimum absolute atomic E-state index is 0.00415. The molecule has 57 heavy (non-hydrogen) atoms. The van der Waals surface area contributed by atoms with E-state index >= 15 is 0 Å². The molecule has 0 radical (unpaired) electrons. The van der Waals surface area contributed by atoms with Crippen LogP contribution in [0, 0.1) is 17.8 Å². The summed E-state index contributed by atoms with van der Waals surface area (Å²) in [5.41, 5.74) is 5.44. The third kappa shape index (κ3) is 3.80. The molecule has 2 aliphatic heterocycles. The van der Waals surface area contributed by atoms with E-state index in [1.807, 2.05) is 0 Å². The average Bonchev–Trinajstić information content (AvgIpc) is 3.52. The lowest BCUT2D eigenvalue weighted by atomic mass is 9.42. The third-order valence-corrected chi connectivity index (χ3v) is 12.9. The number of hydrogen-bond acceptors (Lipinski definition) is 10. The Kier molecular flexibility index (Phi) is 5.93. The zero-order valence-electron chi connectivity index (χ0n) is 31.0. The van der Waals surface area contributed by atoms with Crippen molar-refractivity contribution in [2.24, 2.45) is 17.8 Å². The maximum atomic E-state index is 12.6. The average molecular weight is 755 g/mol. The van der Waals surface area contributed by atoms with Gasteiger partial charge < -0.3 is 27.5 Å². The van der Waals surface area contributed by atoms with Crippen molar-refractivity contribution in [3.63, 3.8) is 0 Å². The van der Waals surface area contributed by atoms with Crippen molar-refractivity contribution in [1.82, 2.24) is 0 Å². The third-order valence-electron chi connectivity index (χ3n) is 12.9. The summed E-state index contributed by atoms with van der Waals surface area (Å²) in [5, 5.41) is 2.50. The SMILES string of the molecule is CC(C)C12c3cc4c(cc3C(C(C)C)(c3cc5ccccc5cc31)c1cc3oc5cc6c(=O)oc(=O)c6cc5oc3cc12)OC1=C(C=CC2C(=O)OC(=O)C2=C1)O4. The van der Waals surface area contributed by atoms with Crippen molar-refractivity contribution in [2.45, 2.75) is 38.5 Å². The molecule has 3 unspecified atom stereocenters. The van der Waals surface area contributed by atoms with Gasteiger partial charge in [-0.25, -0.2) is 14.4 Å². The Morgan fingerprint density at radius 2 is 1.02 bits per heavy atom. The van der Waals surface area contributed by atoms with E-state index in [0.717, 1.165) is 33.0 Å². The quantitative estimate of drug-likeness (QED) is 0.0959. The van der Waals surface area contributed by atoms with Gasteiger partial charge in [0.05, 0.1) is 16.3 Å². The number of hydrogen-bond donors (Lipinski definition) is 0. The lowest BCUT2D eigenvalue weighted by Crippen LogP contribution is -2.55. The first-order valence-corrected chi connectivity index (χ1v) is 19.0. The Bertz CT molecular complexity index is 3330. The number of esters is 2. The Labute approximate surface area is 322 Å². The summed E-state index contributed by atoms with van der Waals surface area (Å²) in [6, 6.07) is 24.4. The smallest absolute Gasteiger partial charge is 0.347 e. The van der Waals surface area contributed by atoms with E-state index in [4.69, 9.17) is 27.5 Å². The van der Waals surface area contributed by atoms with Gasteiger partial charge in [0.15, 0.2) is 45.3 Å². The fourth-order valence-electron chi connectivity index (χ4n) is 10.5. The van der Waals surface area contributed by atoms with Gasteiger partial charge >= 0.3 is 23.2 Å². The topological polar surface area (TPSA) is 135 Å². The monoisotopic (exact) mass is 754 g/mol. The summed E-state index contributed by atoms with van der Waals surface area (Å²) < 4.78 is 36.2. The molecule has 0 saturated carbocycles. The Hall–Kier alpha value is -6.94. The first-order chi connectivity index (χ1) is 27.5. The summed E-state index contributed by atoms with van der Waals surface area (Å²) in [4.78, 5) is 50.1. The molecular weight excluding hydrogens is 725 g/mol. The van der Waals surface area contributed by atoms with E-state index in [9.17, 15) is 19.2 Å². The molecule has 0 spiro atoms. The van der Waals surface area contributed by atoms with E-state index in [2.05, 4.69) is 88.4 Å². The number of rotatable bonds is 2. The first kappa shape index (κ1) is 32.3. The van der Waals surface area contributed by atoms with E-state index in [-0.39, 0.29) is 28.2 Å². The molecule has 13 rings (SSSR count). The number of furan rings is 1. The van der Waals surface area contributed by atoms with Crippen LogP contribution in [0.25, 0.3) is 43.9 Å². The van der Waals surface area contributed by atoms with E-state index in [1.165, 1.54) is 23.3 Å². The lowest BCUT2D eigenvalue weighted by molar-refractivity contribution is -0.152. The van der Waals surface area contributed by atoms with Gasteiger partial charge in [-0.05, 0) is 105 Å². The summed E-state index contributed by atoms with van der Waals surface area (Å²) in [6.45, 7) is 8.90. The fourth-order valence-corrected chi connectivity index (χ4v) is 10.5. The number of benzene rings is 5. The Balaban J connectivity index is 1.18. The molecule has 10 nitrogen and oxygen atoms in total. The number of carbonyl (C=O) groups excluding carboxylic acids is 2. The van der Waals surface area contributed by atoms with Gasteiger partial charge in [-0.15, -0.1) is 0 Å². The summed E-state index contributed by atoms with van der Waals surface area (Å²) in [5.74, 6) is -0.519. The van der Waals surface area contributed by atoms with Crippen molar-refractivity contribution in [2.75, 3.05) is 0 Å². The molecule has 6 aliphatic rings. The summed E-state index contributed by atoms with van der Waals surface area (Å²) in [6.07, 6.45) is 4.81. The second-order valence-electron chi connectivity index (χ2n) is 16.2. The zero-order valence-corrected chi connectivity index (χ0v) is 31.0. The van der Waals surface area contributed by atoms with Gasteiger partial charge in [-0.2, -0.15) is 0 Å². The van der Waals surface area contributed by atoms with Crippen molar-refractivity contribution in [3.05, 3.63) is 162 Å². The number of ether oxygens (including phenoxy) is 3. The van der Waals surface area contributed by atoms with Crippen molar-refractivity contribution < 1.29 is 37.1 Å². The number of carbonyl (C=O) groups is 2. The normalized spacial score (nSPS) is 22.6. The highest BCUT2D eigenvalue weighted by atomic mass is 16.6. The molecule has 4 heterocycles. The van der Waals surface area contributed by atoms with Gasteiger partial charge in [-0.1, -0.05) is 58.0 Å². The first-order valence-electron chi connectivity index (χ1n) is 19.0. The standard InChI is InChI=1S/C47H30O10/c1-20(2)46-28-11-22-7-5-6-8-23(22)12-29(28)47(21(3)4,33-19-41-40(18-32(33)46)54-36-14-26-27(15-37(36)55-41)45(51)57-44(26)50)31-17-39-38(16-30(31)46)52-34-10-9-24-25(13-35(34)53-39)43(49)56-42(24)48/h5-21,24H,1-4H3. The minimum atomic E-state index is -0.842. The summed E-state index contributed by atoms with van der Waals surface area (Å²) in [7, 11) is 0. The van der Waals surface area contributed by atoms with E-state index in [1.54, 1.807) is 18.2 Å². The highest BCUT2D eigenvalue weighted by Gasteiger charge is 2.62. The molecule has 0 amide bonds. The highest BCUT2D eigenvalue weighted by Crippen LogP contribution is 2.68. The molecule has 4 aliphatic carbocycles. The van der Waals surface area contributed by atoms with Gasteiger partial charge in [0, 0.05) is 23.0 Å². The van der Waals surface area contributed by atoms with Crippen LogP contribution in [0.1, 0.15) is 61.1 Å². The minimum Gasteiger partial charge on any atom is -0.450 e. The van der Waals surface area contributed by atoms with Crippen LogP contribution in [0.15, 0.2) is 131 Å². The molecule has 3 atom stereocenters. The van der Waals surface area contributed by atoms with Crippen LogP contribution < -0.4 is 20.7 Å². The Morgan fingerprint density at radius 1 is 0.544 bits per heavy atom. The molecule has 1 fully saturated rings. The molecule has 1 saturated heterocycles. The van der Waals surface area contributed by atoms with Crippen LogP contribution in [0.4, 0.5) is 0 Å². The van der Waals surface area contributed by atoms with Crippen LogP contribution in [-0.2, 0) is 25.2 Å². The van der Waals surface area contributed by atoms with Crippen LogP contribution in [0.3, 0.4) is 0 Å². The maximum absolute atomic E-state index is 12.6. The largest absolute Gasteiger partial charge is 0.450 e. The van der Waals surface area contributed by atoms with Crippen molar-refractivity contribution in [3.8, 4) is 11.5 Å². The molecule has 5 aromatic carbocycles. The molecular formula is C47H30O10. The van der Waals surface area contributed by atoms with Crippen LogP contribution in [0.5, 0.6) is 11.5 Å². The van der Waals surface area contributed by atoms with Crippen molar-refractivity contribution >= 4 is 55.8 Å². The second kappa shape index (κ2) is 10.5. The molecule has 278 valence electrons. The van der Waals surface area contributed by atoms with Gasteiger partial charge in [0.2, 0.25) is 0 Å². The summed E-state index contributed by atoms with van der Waals surface area (Å²) >= 11 is 0. The molecule has 2 bridgehead atoms. The van der Waals surface area contributed by atoms with Crippen molar-refractivity contribution in [1.29, 1.82) is 0 Å². The van der Waals surface area contributed by atoms with Gasteiger partial charge in [-0.3, -0.25) is 4.79 Å². The highest BCUT2D eigenvalue weighted by molar-refractivity contribution is 6.09. The lowest BCUT2D eigenvalue weighted by Gasteiger charge is -2.60. The van der Waals surface area contributed by atoms with Crippen LogP contribution in [0.2, 0.25) is 0 Å². The number of fused-ring (bicyclic) bond motifs is 6. The predicted octanol–water partition coefficient (Wildman–Crippen LogP) is 8.59. The maximum Gasteiger partial charge on any atom is 0.347 e. The van der Waals surface area contributed by atoms with Gasteiger partial charge in [0.25, 0.3) is 0 Å². The van der Waals surface area contributed by atoms with Crippen LogP contribution >= 0.6 is 0 Å². The fraction of sp³-hybridized carbons (Fsp3) is 0.191. The molecule has 2 aromatic heterocycles. The molecule has 0 N–H and O–H groups in total.